The van der Waals surface area contributed by atoms with Crippen LogP contribution in [-0.2, 0) is 10.4 Å². The van der Waals surface area contributed by atoms with E-state index < -0.39 is 17.3 Å². The van der Waals surface area contributed by atoms with E-state index in [-0.39, 0.29) is 12.0 Å². The van der Waals surface area contributed by atoms with Gasteiger partial charge in [0, 0.05) is 17.7 Å². The van der Waals surface area contributed by atoms with Crippen LogP contribution in [0.5, 0.6) is 0 Å². The first-order valence-electron chi connectivity index (χ1n) is 4.92. The molecule has 0 bridgehead atoms. The van der Waals surface area contributed by atoms with Crippen LogP contribution in [0.3, 0.4) is 0 Å². The number of halogens is 1. The van der Waals surface area contributed by atoms with Gasteiger partial charge < -0.3 is 10.4 Å². The molecule has 0 aliphatic carbocycles. The SMILES string of the molecule is C=C(C)C[C@]1(O)C(=O)Nc2ccc(F)cc21. The fourth-order valence-electron chi connectivity index (χ4n) is 1.93. The Morgan fingerprint density at radius 3 is 2.94 bits per heavy atom. The molecular formula is C12H12FNO2. The maximum Gasteiger partial charge on any atom is 0.261 e. The van der Waals surface area contributed by atoms with E-state index in [4.69, 9.17) is 0 Å². The maximum atomic E-state index is 13.1. The van der Waals surface area contributed by atoms with Crippen LogP contribution < -0.4 is 5.32 Å². The van der Waals surface area contributed by atoms with E-state index in [1.807, 2.05) is 0 Å². The fraction of sp³-hybridized carbons (Fsp3) is 0.250. The first kappa shape index (κ1) is 10.8. The highest BCUT2D eigenvalue weighted by atomic mass is 19.1. The van der Waals surface area contributed by atoms with E-state index in [2.05, 4.69) is 11.9 Å². The van der Waals surface area contributed by atoms with Crippen LogP contribution in [0.1, 0.15) is 18.9 Å². The molecule has 0 fully saturated rings. The summed E-state index contributed by atoms with van der Waals surface area (Å²) < 4.78 is 13.1. The van der Waals surface area contributed by atoms with E-state index in [9.17, 15) is 14.3 Å². The minimum Gasteiger partial charge on any atom is -0.375 e. The molecule has 0 saturated carbocycles. The fourth-order valence-corrected chi connectivity index (χ4v) is 1.93. The Bertz CT molecular complexity index is 484. The van der Waals surface area contributed by atoms with Gasteiger partial charge in [0.1, 0.15) is 5.82 Å². The highest BCUT2D eigenvalue weighted by molar-refractivity contribution is 6.05. The molecule has 0 saturated heterocycles. The summed E-state index contributed by atoms with van der Waals surface area (Å²) in [5.41, 5.74) is -0.297. The van der Waals surface area contributed by atoms with Crippen molar-refractivity contribution >= 4 is 11.6 Å². The lowest BCUT2D eigenvalue weighted by Crippen LogP contribution is -2.34. The monoisotopic (exact) mass is 221 g/mol. The number of anilines is 1. The molecule has 1 aromatic rings. The normalized spacial score (nSPS) is 22.8. The number of fused-ring (bicyclic) bond motifs is 1. The molecule has 0 unspecified atom stereocenters. The highest BCUT2D eigenvalue weighted by Crippen LogP contribution is 2.39. The van der Waals surface area contributed by atoms with Gasteiger partial charge in [0.2, 0.25) is 0 Å². The number of carbonyl (C=O) groups is 1. The van der Waals surface area contributed by atoms with Gasteiger partial charge >= 0.3 is 0 Å². The Morgan fingerprint density at radius 2 is 2.31 bits per heavy atom. The lowest BCUT2D eigenvalue weighted by molar-refractivity contribution is -0.133. The van der Waals surface area contributed by atoms with Crippen molar-refractivity contribution < 1.29 is 14.3 Å². The average Bonchev–Trinajstić information content (AvgIpc) is 2.40. The number of nitrogens with one attached hydrogen (secondary N) is 1. The van der Waals surface area contributed by atoms with Crippen molar-refractivity contribution in [2.24, 2.45) is 0 Å². The van der Waals surface area contributed by atoms with E-state index in [0.29, 0.717) is 11.3 Å². The van der Waals surface area contributed by atoms with Gasteiger partial charge in [-0.15, -0.1) is 6.58 Å². The third-order valence-electron chi connectivity index (χ3n) is 2.61. The molecule has 4 heteroatoms. The minimum absolute atomic E-state index is 0.0925. The lowest BCUT2D eigenvalue weighted by atomic mass is 9.89. The van der Waals surface area contributed by atoms with E-state index in [0.717, 1.165) is 0 Å². The zero-order valence-electron chi connectivity index (χ0n) is 8.88. The molecule has 16 heavy (non-hydrogen) atoms. The largest absolute Gasteiger partial charge is 0.375 e. The van der Waals surface area contributed by atoms with Crippen LogP contribution in [-0.4, -0.2) is 11.0 Å². The summed E-state index contributed by atoms with van der Waals surface area (Å²) in [7, 11) is 0. The van der Waals surface area contributed by atoms with Crippen molar-refractivity contribution in [3.8, 4) is 0 Å². The number of hydrogen-bond acceptors (Lipinski definition) is 2. The smallest absolute Gasteiger partial charge is 0.261 e. The number of carbonyl (C=O) groups excluding carboxylic acids is 1. The molecule has 1 heterocycles. The molecule has 1 aliphatic heterocycles. The predicted octanol–water partition coefficient (Wildman–Crippen LogP) is 1.93. The van der Waals surface area contributed by atoms with E-state index >= 15 is 0 Å². The summed E-state index contributed by atoms with van der Waals surface area (Å²) in [6, 6.07) is 3.86. The average molecular weight is 221 g/mol. The quantitative estimate of drug-likeness (QED) is 0.750. The Kier molecular flexibility index (Phi) is 2.31. The second-order valence-electron chi connectivity index (χ2n) is 4.14. The molecule has 2 N–H and O–H groups in total. The van der Waals surface area contributed by atoms with Gasteiger partial charge in [-0.2, -0.15) is 0 Å². The molecule has 0 aromatic heterocycles. The topological polar surface area (TPSA) is 49.3 Å². The van der Waals surface area contributed by atoms with Crippen LogP contribution >= 0.6 is 0 Å². The van der Waals surface area contributed by atoms with Crippen LogP contribution in [0, 0.1) is 5.82 Å². The second kappa shape index (κ2) is 3.42. The molecule has 1 atom stereocenters. The maximum absolute atomic E-state index is 13.1. The molecule has 1 amide bonds. The second-order valence-corrected chi connectivity index (χ2v) is 4.14. The van der Waals surface area contributed by atoms with Gasteiger partial charge in [0.05, 0.1) is 0 Å². The molecule has 84 valence electrons. The summed E-state index contributed by atoms with van der Waals surface area (Å²) in [5, 5.41) is 12.8. The standard InChI is InChI=1S/C12H12FNO2/c1-7(2)6-12(16)9-5-8(13)3-4-10(9)14-11(12)15/h3-5,16H,1,6H2,2H3,(H,14,15)/t12-/m1/s1. The molecule has 1 aromatic carbocycles. The van der Waals surface area contributed by atoms with Gasteiger partial charge in [-0.05, 0) is 25.1 Å². The van der Waals surface area contributed by atoms with Gasteiger partial charge in [-0.25, -0.2) is 4.39 Å². The predicted molar refractivity (Wildman–Crippen MR) is 58.4 cm³/mol. The van der Waals surface area contributed by atoms with Gasteiger partial charge in [0.15, 0.2) is 5.60 Å². The Hall–Kier alpha value is -1.68. The minimum atomic E-state index is -1.69. The third kappa shape index (κ3) is 1.51. The molecule has 0 radical (unpaired) electrons. The van der Waals surface area contributed by atoms with Gasteiger partial charge in [-0.1, -0.05) is 5.57 Å². The van der Waals surface area contributed by atoms with Crippen LogP contribution in [0.15, 0.2) is 30.4 Å². The van der Waals surface area contributed by atoms with Crippen molar-refractivity contribution in [3.05, 3.63) is 41.7 Å². The first-order valence-corrected chi connectivity index (χ1v) is 4.92. The van der Waals surface area contributed by atoms with E-state index in [1.54, 1.807) is 6.92 Å². The van der Waals surface area contributed by atoms with Crippen molar-refractivity contribution in [1.29, 1.82) is 0 Å². The Morgan fingerprint density at radius 1 is 1.62 bits per heavy atom. The lowest BCUT2D eigenvalue weighted by Gasteiger charge is -2.20. The zero-order valence-corrected chi connectivity index (χ0v) is 8.88. The van der Waals surface area contributed by atoms with Crippen molar-refractivity contribution in [3.63, 3.8) is 0 Å². The highest BCUT2D eigenvalue weighted by Gasteiger charge is 2.45. The number of aliphatic hydroxyl groups is 1. The summed E-state index contributed by atoms with van der Waals surface area (Å²) in [5.74, 6) is -1.01. The molecule has 3 nitrogen and oxygen atoms in total. The molecular weight excluding hydrogens is 209 g/mol. The Balaban J connectivity index is 2.53. The van der Waals surface area contributed by atoms with Gasteiger partial charge in [0.25, 0.3) is 5.91 Å². The molecule has 1 aliphatic rings. The van der Waals surface area contributed by atoms with Crippen molar-refractivity contribution in [2.75, 3.05) is 5.32 Å². The molecule has 2 rings (SSSR count). The number of rotatable bonds is 2. The van der Waals surface area contributed by atoms with Crippen molar-refractivity contribution in [1.82, 2.24) is 0 Å². The van der Waals surface area contributed by atoms with Crippen molar-refractivity contribution in [2.45, 2.75) is 18.9 Å². The van der Waals surface area contributed by atoms with E-state index in [1.165, 1.54) is 18.2 Å². The zero-order chi connectivity index (χ0) is 11.9. The summed E-state index contributed by atoms with van der Waals surface area (Å²) in [6.07, 6.45) is 0.0925. The summed E-state index contributed by atoms with van der Waals surface area (Å²) in [6.45, 7) is 5.37. The summed E-state index contributed by atoms with van der Waals surface area (Å²) in [4.78, 5) is 11.7. The third-order valence-corrected chi connectivity index (χ3v) is 2.61. The molecule has 0 spiro atoms. The van der Waals surface area contributed by atoms with Gasteiger partial charge in [-0.3, -0.25) is 4.79 Å². The number of amides is 1. The van der Waals surface area contributed by atoms with Crippen LogP contribution in [0.4, 0.5) is 10.1 Å². The van der Waals surface area contributed by atoms with Crippen LogP contribution in [0.2, 0.25) is 0 Å². The first-order chi connectivity index (χ1) is 7.43. The number of benzene rings is 1. The van der Waals surface area contributed by atoms with Crippen LogP contribution in [0.25, 0.3) is 0 Å². The number of hydrogen-bond donors (Lipinski definition) is 2. The summed E-state index contributed by atoms with van der Waals surface area (Å²) >= 11 is 0. The Labute approximate surface area is 92.6 Å².